The molecule has 0 bridgehead atoms. The summed E-state index contributed by atoms with van der Waals surface area (Å²) in [6.45, 7) is 1.96. The zero-order valence-electron chi connectivity index (χ0n) is 9.20. The van der Waals surface area contributed by atoms with Crippen LogP contribution in [0.2, 0.25) is 0 Å². The molecule has 1 aliphatic rings. The van der Waals surface area contributed by atoms with Crippen LogP contribution in [0.4, 0.5) is 0 Å². The maximum Gasteiger partial charge on any atom is 0.322 e. The van der Waals surface area contributed by atoms with Gasteiger partial charge in [-0.15, -0.1) is 0 Å². The van der Waals surface area contributed by atoms with Gasteiger partial charge in [-0.1, -0.05) is 6.92 Å². The second kappa shape index (κ2) is 4.11. The van der Waals surface area contributed by atoms with Crippen molar-refractivity contribution in [3.05, 3.63) is 12.5 Å². The lowest BCUT2D eigenvalue weighted by Crippen LogP contribution is -2.42. The van der Waals surface area contributed by atoms with E-state index in [4.69, 9.17) is 5.11 Å². The molecule has 1 fully saturated rings. The summed E-state index contributed by atoms with van der Waals surface area (Å²) in [5, 5.41) is 9.01. The van der Waals surface area contributed by atoms with Crippen LogP contribution in [0.25, 0.3) is 0 Å². The normalized spacial score (nSPS) is 26.2. The molecular formula is C9H13N3O4S. The van der Waals surface area contributed by atoms with E-state index in [2.05, 4.69) is 9.97 Å². The lowest BCUT2D eigenvalue weighted by Gasteiger charge is -2.21. The Morgan fingerprint density at radius 3 is 2.88 bits per heavy atom. The summed E-state index contributed by atoms with van der Waals surface area (Å²) >= 11 is 0. The van der Waals surface area contributed by atoms with E-state index in [0.29, 0.717) is 6.42 Å². The first kappa shape index (κ1) is 12.1. The third-order valence-electron chi connectivity index (χ3n) is 2.97. The molecule has 0 radical (unpaired) electrons. The molecule has 0 aromatic carbocycles. The molecule has 7 nitrogen and oxygen atoms in total. The molecule has 0 aliphatic carbocycles. The highest BCUT2D eigenvalue weighted by atomic mass is 32.2. The van der Waals surface area contributed by atoms with Gasteiger partial charge in [0.05, 0.1) is 12.5 Å². The van der Waals surface area contributed by atoms with Crippen LogP contribution < -0.4 is 0 Å². The predicted octanol–water partition coefficient (Wildman–Crippen LogP) is -0.107. The average molecular weight is 259 g/mol. The molecule has 0 saturated carbocycles. The van der Waals surface area contributed by atoms with E-state index >= 15 is 0 Å². The molecule has 2 N–H and O–H groups in total. The third-order valence-corrected chi connectivity index (χ3v) is 4.77. The van der Waals surface area contributed by atoms with Gasteiger partial charge in [0.15, 0.2) is 5.03 Å². The van der Waals surface area contributed by atoms with Gasteiger partial charge in [0.25, 0.3) is 10.0 Å². The number of carboxylic acid groups (broad SMARTS) is 1. The van der Waals surface area contributed by atoms with Crippen molar-refractivity contribution in [2.75, 3.05) is 6.54 Å². The number of aromatic amines is 1. The summed E-state index contributed by atoms with van der Waals surface area (Å²) in [7, 11) is -3.79. The zero-order chi connectivity index (χ0) is 12.6. The largest absolute Gasteiger partial charge is 0.480 e. The van der Waals surface area contributed by atoms with E-state index in [0.717, 1.165) is 4.31 Å². The van der Waals surface area contributed by atoms with E-state index in [-0.39, 0.29) is 17.5 Å². The summed E-state index contributed by atoms with van der Waals surface area (Å²) in [6.07, 6.45) is 2.98. The van der Waals surface area contributed by atoms with Gasteiger partial charge < -0.3 is 10.1 Å². The average Bonchev–Trinajstić information content (AvgIpc) is 2.84. The molecule has 8 heteroatoms. The number of nitrogens with one attached hydrogen (secondary N) is 1. The maximum atomic E-state index is 12.1. The molecule has 1 aromatic rings. The van der Waals surface area contributed by atoms with Crippen LogP contribution in [0, 0.1) is 5.92 Å². The fourth-order valence-electron chi connectivity index (χ4n) is 2.06. The molecule has 2 atom stereocenters. The number of sulfonamides is 1. The summed E-state index contributed by atoms with van der Waals surface area (Å²) in [5.74, 6) is -1.30. The van der Waals surface area contributed by atoms with Gasteiger partial charge >= 0.3 is 5.97 Å². The van der Waals surface area contributed by atoms with Crippen molar-refractivity contribution in [1.29, 1.82) is 0 Å². The molecule has 1 aromatic heterocycles. The van der Waals surface area contributed by atoms with E-state index in [1.807, 2.05) is 0 Å². The lowest BCUT2D eigenvalue weighted by molar-refractivity contribution is -0.141. The van der Waals surface area contributed by atoms with Gasteiger partial charge in [-0.2, -0.15) is 4.31 Å². The Morgan fingerprint density at radius 2 is 2.35 bits per heavy atom. The number of nitrogens with zero attached hydrogens (tertiary/aromatic N) is 2. The Hall–Kier alpha value is -1.41. The number of carboxylic acids is 1. The highest BCUT2D eigenvalue weighted by molar-refractivity contribution is 7.89. The van der Waals surface area contributed by atoms with Crippen LogP contribution in [0.1, 0.15) is 13.3 Å². The summed E-state index contributed by atoms with van der Waals surface area (Å²) in [5.41, 5.74) is 0. The lowest BCUT2D eigenvalue weighted by atomic mass is 10.0. The van der Waals surface area contributed by atoms with Gasteiger partial charge in [0.2, 0.25) is 0 Å². The van der Waals surface area contributed by atoms with Gasteiger partial charge in [-0.3, -0.25) is 4.79 Å². The van der Waals surface area contributed by atoms with E-state index in [1.54, 1.807) is 6.92 Å². The van der Waals surface area contributed by atoms with E-state index in [9.17, 15) is 13.2 Å². The van der Waals surface area contributed by atoms with Crippen LogP contribution >= 0.6 is 0 Å². The Bertz CT molecular complexity index is 510. The topological polar surface area (TPSA) is 103 Å². The maximum absolute atomic E-state index is 12.1. The molecule has 0 spiro atoms. The first-order chi connectivity index (χ1) is 7.94. The van der Waals surface area contributed by atoms with Crippen molar-refractivity contribution >= 4 is 16.0 Å². The fourth-order valence-corrected chi connectivity index (χ4v) is 3.65. The molecule has 94 valence electrons. The standard InChI is InChI=1S/C9H13N3O4S/c1-6-2-3-12(8(6)9(13)14)17(15,16)7-4-10-5-11-7/h4-6,8H,2-3H2,1H3,(H,10,11)(H,13,14). The Labute approximate surface area is 98.5 Å². The number of hydrogen-bond donors (Lipinski definition) is 2. The quantitative estimate of drug-likeness (QED) is 0.788. The Kier molecular flexibility index (Phi) is 2.92. The first-order valence-corrected chi connectivity index (χ1v) is 6.61. The number of rotatable bonds is 3. The SMILES string of the molecule is CC1CCN(S(=O)(=O)c2cnc[nH]2)C1C(=O)O. The van der Waals surface area contributed by atoms with Crippen LogP contribution in [0.5, 0.6) is 0 Å². The molecule has 2 heterocycles. The van der Waals surface area contributed by atoms with Gasteiger partial charge in [-0.05, 0) is 12.3 Å². The van der Waals surface area contributed by atoms with E-state index in [1.165, 1.54) is 12.5 Å². The van der Waals surface area contributed by atoms with Crippen molar-refractivity contribution in [2.24, 2.45) is 5.92 Å². The van der Waals surface area contributed by atoms with Crippen LogP contribution in [0.3, 0.4) is 0 Å². The van der Waals surface area contributed by atoms with Gasteiger partial charge in [0, 0.05) is 6.54 Å². The molecule has 2 rings (SSSR count). The molecule has 0 amide bonds. The minimum absolute atomic E-state index is 0.0714. The third kappa shape index (κ3) is 1.93. The number of aliphatic carboxylic acids is 1. The number of imidazole rings is 1. The highest BCUT2D eigenvalue weighted by Crippen LogP contribution is 2.29. The Balaban J connectivity index is 2.38. The molecule has 2 unspecified atom stereocenters. The molecular weight excluding hydrogens is 246 g/mol. The first-order valence-electron chi connectivity index (χ1n) is 5.17. The van der Waals surface area contributed by atoms with Crippen molar-refractivity contribution in [1.82, 2.24) is 14.3 Å². The molecule has 1 aliphatic heterocycles. The minimum Gasteiger partial charge on any atom is -0.480 e. The van der Waals surface area contributed by atoms with Crippen LogP contribution in [0.15, 0.2) is 17.6 Å². The second-order valence-corrected chi connectivity index (χ2v) is 5.94. The van der Waals surface area contributed by atoms with Crippen LogP contribution in [-0.2, 0) is 14.8 Å². The van der Waals surface area contributed by atoms with Gasteiger partial charge in [0.1, 0.15) is 6.04 Å². The number of carbonyl (C=O) groups is 1. The van der Waals surface area contributed by atoms with Crippen molar-refractivity contribution in [3.63, 3.8) is 0 Å². The monoisotopic (exact) mass is 259 g/mol. The smallest absolute Gasteiger partial charge is 0.322 e. The van der Waals surface area contributed by atoms with E-state index < -0.39 is 22.0 Å². The number of aromatic nitrogens is 2. The Morgan fingerprint density at radius 1 is 1.65 bits per heavy atom. The van der Waals surface area contributed by atoms with Crippen LogP contribution in [-0.4, -0.2) is 46.4 Å². The number of hydrogen-bond acceptors (Lipinski definition) is 4. The molecule has 1 saturated heterocycles. The summed E-state index contributed by atoms with van der Waals surface area (Å²) in [4.78, 5) is 17.2. The summed E-state index contributed by atoms with van der Waals surface area (Å²) < 4.78 is 25.3. The summed E-state index contributed by atoms with van der Waals surface area (Å²) in [6, 6.07) is -0.997. The predicted molar refractivity (Wildman–Crippen MR) is 57.7 cm³/mol. The van der Waals surface area contributed by atoms with Crippen molar-refractivity contribution < 1.29 is 18.3 Å². The van der Waals surface area contributed by atoms with Gasteiger partial charge in [-0.25, -0.2) is 13.4 Å². The number of H-pyrrole nitrogens is 1. The minimum atomic E-state index is -3.79. The van der Waals surface area contributed by atoms with Crippen molar-refractivity contribution in [3.8, 4) is 0 Å². The van der Waals surface area contributed by atoms with Crippen molar-refractivity contribution in [2.45, 2.75) is 24.4 Å². The highest BCUT2D eigenvalue weighted by Gasteiger charge is 2.44. The molecule has 17 heavy (non-hydrogen) atoms. The fraction of sp³-hybridized carbons (Fsp3) is 0.556. The zero-order valence-corrected chi connectivity index (χ0v) is 10.0. The second-order valence-electron chi connectivity index (χ2n) is 4.08.